The number of amides is 1. The molecule has 1 amide bonds. The number of carbonyl (C=O) groups excluding carboxylic acids is 1. The summed E-state index contributed by atoms with van der Waals surface area (Å²) in [6.45, 7) is 2.90. The fourth-order valence-electron chi connectivity index (χ4n) is 1.70. The Morgan fingerprint density at radius 2 is 2.10 bits per heavy atom. The largest absolute Gasteiger partial charge is 0.350 e. The van der Waals surface area contributed by atoms with Gasteiger partial charge in [0.05, 0.1) is 18.5 Å². The second kappa shape index (κ2) is 7.96. The van der Waals surface area contributed by atoms with Crippen molar-refractivity contribution in [3.8, 4) is 0 Å². The number of nitrogens with zero attached hydrogens (tertiary/aromatic N) is 2. The van der Waals surface area contributed by atoms with Crippen LogP contribution >= 0.6 is 0 Å². The number of hydrogen-bond donors (Lipinski definition) is 1. The molecular weight excluding hydrogens is 278 g/mol. The van der Waals surface area contributed by atoms with Gasteiger partial charge in [0, 0.05) is 25.7 Å². The van der Waals surface area contributed by atoms with Crippen LogP contribution in [0.1, 0.15) is 25.5 Å². The molecular formula is C13H21N3O3S. The van der Waals surface area contributed by atoms with Crippen LogP contribution in [0.4, 0.5) is 0 Å². The van der Waals surface area contributed by atoms with Gasteiger partial charge in [0.15, 0.2) is 0 Å². The molecule has 7 heteroatoms. The molecule has 0 aromatic carbocycles. The van der Waals surface area contributed by atoms with Gasteiger partial charge in [0.25, 0.3) is 0 Å². The van der Waals surface area contributed by atoms with Gasteiger partial charge in [-0.3, -0.25) is 9.78 Å². The van der Waals surface area contributed by atoms with Crippen LogP contribution in [0.15, 0.2) is 24.4 Å². The summed E-state index contributed by atoms with van der Waals surface area (Å²) in [6, 6.07) is 5.47. The van der Waals surface area contributed by atoms with Gasteiger partial charge < -0.3 is 5.32 Å². The second-order valence-corrected chi connectivity index (χ2v) is 6.49. The maximum Gasteiger partial charge on any atom is 0.221 e. The van der Waals surface area contributed by atoms with Crippen LogP contribution in [0.3, 0.4) is 0 Å². The maximum absolute atomic E-state index is 11.7. The molecule has 1 aromatic heterocycles. The first kappa shape index (κ1) is 16.6. The second-order valence-electron chi connectivity index (χ2n) is 4.51. The highest BCUT2D eigenvalue weighted by atomic mass is 32.2. The average molecular weight is 299 g/mol. The molecule has 0 aliphatic heterocycles. The summed E-state index contributed by atoms with van der Waals surface area (Å²) in [7, 11) is -3.25. The predicted molar refractivity (Wildman–Crippen MR) is 77.4 cm³/mol. The number of nitrogens with one attached hydrogen (secondary N) is 1. The van der Waals surface area contributed by atoms with Crippen LogP contribution in [0.5, 0.6) is 0 Å². The quantitative estimate of drug-likeness (QED) is 0.768. The van der Waals surface area contributed by atoms with E-state index in [0.29, 0.717) is 13.1 Å². The molecule has 0 spiro atoms. The average Bonchev–Trinajstić information content (AvgIpc) is 2.41. The van der Waals surface area contributed by atoms with Crippen LogP contribution in [-0.4, -0.2) is 43.0 Å². The number of aromatic nitrogens is 1. The summed E-state index contributed by atoms with van der Waals surface area (Å²) in [5.74, 6) is -0.180. The first-order chi connectivity index (χ1) is 9.43. The zero-order valence-corrected chi connectivity index (χ0v) is 12.7. The molecule has 1 N–H and O–H groups in total. The number of sulfonamides is 1. The molecule has 0 atom stereocenters. The Kier molecular flexibility index (Phi) is 6.60. The summed E-state index contributed by atoms with van der Waals surface area (Å²) in [5.41, 5.74) is 0.773. The van der Waals surface area contributed by atoms with E-state index in [1.165, 1.54) is 4.31 Å². The summed E-state index contributed by atoms with van der Waals surface area (Å²) in [5, 5.41) is 2.72. The topological polar surface area (TPSA) is 79.4 Å². The van der Waals surface area contributed by atoms with E-state index < -0.39 is 10.0 Å². The third-order valence-electron chi connectivity index (χ3n) is 2.72. The summed E-state index contributed by atoms with van der Waals surface area (Å²) in [4.78, 5) is 15.8. The molecule has 6 nitrogen and oxygen atoms in total. The van der Waals surface area contributed by atoms with Crippen molar-refractivity contribution in [1.29, 1.82) is 0 Å². The Bertz CT molecular complexity index is 517. The third kappa shape index (κ3) is 6.12. The van der Waals surface area contributed by atoms with Gasteiger partial charge in [-0.25, -0.2) is 12.7 Å². The lowest BCUT2D eigenvalue weighted by atomic mass is 10.3. The van der Waals surface area contributed by atoms with Crippen LogP contribution in [0, 0.1) is 0 Å². The van der Waals surface area contributed by atoms with Gasteiger partial charge in [-0.1, -0.05) is 13.0 Å². The molecule has 112 valence electrons. The van der Waals surface area contributed by atoms with Gasteiger partial charge in [-0.15, -0.1) is 0 Å². The lowest BCUT2D eigenvalue weighted by Crippen LogP contribution is -2.35. The lowest BCUT2D eigenvalue weighted by molar-refractivity contribution is -0.121. The minimum Gasteiger partial charge on any atom is -0.350 e. The van der Waals surface area contributed by atoms with Crippen LogP contribution < -0.4 is 5.32 Å². The number of hydrogen-bond acceptors (Lipinski definition) is 4. The zero-order chi connectivity index (χ0) is 15.0. The van der Waals surface area contributed by atoms with Crippen molar-refractivity contribution < 1.29 is 13.2 Å². The van der Waals surface area contributed by atoms with Crippen molar-refractivity contribution in [2.45, 2.75) is 26.3 Å². The third-order valence-corrected chi connectivity index (χ3v) is 4.03. The summed E-state index contributed by atoms with van der Waals surface area (Å²) >= 11 is 0. The minimum atomic E-state index is -3.25. The minimum absolute atomic E-state index is 0.153. The Labute approximate surface area is 120 Å². The van der Waals surface area contributed by atoms with E-state index in [4.69, 9.17) is 0 Å². The molecule has 20 heavy (non-hydrogen) atoms. The van der Waals surface area contributed by atoms with E-state index in [9.17, 15) is 13.2 Å². The van der Waals surface area contributed by atoms with E-state index in [-0.39, 0.29) is 18.9 Å². The van der Waals surface area contributed by atoms with Crippen molar-refractivity contribution in [2.75, 3.05) is 19.3 Å². The van der Waals surface area contributed by atoms with Crippen molar-refractivity contribution in [3.05, 3.63) is 30.1 Å². The van der Waals surface area contributed by atoms with E-state index in [2.05, 4.69) is 10.3 Å². The molecule has 0 saturated heterocycles. The Balaban J connectivity index is 2.38. The molecule has 0 saturated carbocycles. The summed E-state index contributed by atoms with van der Waals surface area (Å²) in [6.07, 6.45) is 3.70. The van der Waals surface area contributed by atoms with E-state index in [1.807, 2.05) is 19.1 Å². The van der Waals surface area contributed by atoms with Gasteiger partial charge in [0.1, 0.15) is 0 Å². The van der Waals surface area contributed by atoms with Crippen molar-refractivity contribution >= 4 is 15.9 Å². The van der Waals surface area contributed by atoms with Gasteiger partial charge in [-0.2, -0.15) is 0 Å². The van der Waals surface area contributed by atoms with Crippen LogP contribution in [-0.2, 0) is 21.4 Å². The van der Waals surface area contributed by atoms with E-state index >= 15 is 0 Å². The standard InChI is InChI=1S/C13H21N3O3S/c1-3-9-16(20(2,18)19)10-7-13(17)15-11-12-6-4-5-8-14-12/h4-6,8H,3,7,9-11H2,1-2H3,(H,15,17). The zero-order valence-electron chi connectivity index (χ0n) is 11.9. The maximum atomic E-state index is 11.7. The Morgan fingerprint density at radius 3 is 2.65 bits per heavy atom. The fraction of sp³-hybridized carbons (Fsp3) is 0.538. The number of rotatable bonds is 8. The highest BCUT2D eigenvalue weighted by molar-refractivity contribution is 7.88. The molecule has 0 fully saturated rings. The molecule has 0 radical (unpaired) electrons. The normalized spacial score (nSPS) is 11.6. The number of carbonyl (C=O) groups is 1. The molecule has 0 bridgehead atoms. The van der Waals surface area contributed by atoms with E-state index in [1.54, 1.807) is 12.3 Å². The first-order valence-corrected chi connectivity index (χ1v) is 8.40. The highest BCUT2D eigenvalue weighted by Crippen LogP contribution is 2.01. The Morgan fingerprint density at radius 1 is 1.35 bits per heavy atom. The predicted octanol–water partition coefficient (Wildman–Crippen LogP) is 0.760. The van der Waals surface area contributed by atoms with Gasteiger partial charge in [0.2, 0.25) is 15.9 Å². The molecule has 1 heterocycles. The van der Waals surface area contributed by atoms with E-state index in [0.717, 1.165) is 18.4 Å². The first-order valence-electron chi connectivity index (χ1n) is 6.55. The van der Waals surface area contributed by atoms with Crippen LogP contribution in [0.2, 0.25) is 0 Å². The lowest BCUT2D eigenvalue weighted by Gasteiger charge is -2.18. The molecule has 1 rings (SSSR count). The number of pyridine rings is 1. The van der Waals surface area contributed by atoms with Crippen LogP contribution in [0.25, 0.3) is 0 Å². The smallest absolute Gasteiger partial charge is 0.221 e. The van der Waals surface area contributed by atoms with Crippen molar-refractivity contribution in [3.63, 3.8) is 0 Å². The molecule has 0 aliphatic rings. The van der Waals surface area contributed by atoms with Crippen molar-refractivity contribution in [1.82, 2.24) is 14.6 Å². The fourth-order valence-corrected chi connectivity index (χ4v) is 2.64. The van der Waals surface area contributed by atoms with Gasteiger partial charge in [-0.05, 0) is 18.6 Å². The Hall–Kier alpha value is -1.47. The van der Waals surface area contributed by atoms with Crippen molar-refractivity contribution in [2.24, 2.45) is 0 Å². The monoisotopic (exact) mass is 299 g/mol. The molecule has 1 aromatic rings. The highest BCUT2D eigenvalue weighted by Gasteiger charge is 2.16. The van der Waals surface area contributed by atoms with Gasteiger partial charge >= 0.3 is 0 Å². The SMILES string of the molecule is CCCN(CCC(=O)NCc1ccccn1)S(C)(=O)=O. The summed E-state index contributed by atoms with van der Waals surface area (Å²) < 4.78 is 24.3. The molecule has 0 aliphatic carbocycles. The molecule has 0 unspecified atom stereocenters.